The van der Waals surface area contributed by atoms with Crippen molar-refractivity contribution >= 4 is 28.7 Å². The van der Waals surface area contributed by atoms with E-state index in [0.717, 1.165) is 35.7 Å². The summed E-state index contributed by atoms with van der Waals surface area (Å²) in [5.41, 5.74) is 7.15. The Hall–Kier alpha value is -2.18. The van der Waals surface area contributed by atoms with Gasteiger partial charge in [0.2, 0.25) is 0 Å². The predicted octanol–water partition coefficient (Wildman–Crippen LogP) is 3.66. The summed E-state index contributed by atoms with van der Waals surface area (Å²) in [6.07, 6.45) is 5.87. The maximum Gasteiger partial charge on any atom is 0.143 e. The molecule has 4 heterocycles. The Labute approximate surface area is 138 Å². The summed E-state index contributed by atoms with van der Waals surface area (Å²) in [7, 11) is 1.72. The summed E-state index contributed by atoms with van der Waals surface area (Å²) in [4.78, 5) is 12.8. The minimum atomic E-state index is -0.0210. The third-order valence-corrected chi connectivity index (χ3v) is 5.21. The van der Waals surface area contributed by atoms with Crippen molar-refractivity contribution < 1.29 is 4.74 Å². The number of aromatic nitrogens is 3. The largest absolute Gasteiger partial charge is 0.377 e. The minimum Gasteiger partial charge on any atom is -0.377 e. The second kappa shape index (κ2) is 5.47. The van der Waals surface area contributed by atoms with Gasteiger partial charge in [0.05, 0.1) is 41.8 Å². The van der Waals surface area contributed by atoms with Gasteiger partial charge in [0.1, 0.15) is 5.65 Å². The van der Waals surface area contributed by atoms with Crippen LogP contribution in [0.3, 0.4) is 0 Å². The molecule has 0 aromatic carbocycles. The average Bonchev–Trinajstić information content (AvgIpc) is 3.25. The van der Waals surface area contributed by atoms with Gasteiger partial charge in [-0.05, 0) is 19.1 Å². The molecule has 0 aliphatic carbocycles. The van der Waals surface area contributed by atoms with Crippen molar-refractivity contribution in [3.63, 3.8) is 0 Å². The van der Waals surface area contributed by atoms with E-state index < -0.39 is 0 Å². The Morgan fingerprint density at radius 2 is 2.26 bits per heavy atom. The fraction of sp³-hybridized carbons (Fsp3) is 0.294. The fourth-order valence-electron chi connectivity index (χ4n) is 2.97. The SMILES string of the molecule is C=Cc1cn2cc(N3Cc4ncsc4C3)cc([C@@H](C)OC)c2n1. The van der Waals surface area contributed by atoms with Gasteiger partial charge in [-0.1, -0.05) is 6.58 Å². The number of pyridine rings is 1. The van der Waals surface area contributed by atoms with E-state index in [1.807, 2.05) is 18.6 Å². The van der Waals surface area contributed by atoms with Gasteiger partial charge in [0, 0.05) is 29.9 Å². The van der Waals surface area contributed by atoms with Crippen molar-refractivity contribution in [2.24, 2.45) is 0 Å². The summed E-state index contributed by atoms with van der Waals surface area (Å²) in [5, 5.41) is 0. The topological polar surface area (TPSA) is 42.7 Å². The molecule has 0 radical (unpaired) electrons. The minimum absolute atomic E-state index is 0.0210. The quantitative estimate of drug-likeness (QED) is 0.734. The Morgan fingerprint density at radius 1 is 1.39 bits per heavy atom. The number of nitrogens with zero attached hydrogens (tertiary/aromatic N) is 4. The van der Waals surface area contributed by atoms with Gasteiger partial charge in [0.25, 0.3) is 0 Å². The molecule has 3 aromatic rings. The second-order valence-corrected chi connectivity index (χ2v) is 6.65. The molecule has 0 spiro atoms. The van der Waals surface area contributed by atoms with Crippen LogP contribution in [0, 0.1) is 0 Å². The molecule has 0 amide bonds. The molecule has 118 valence electrons. The summed E-state index contributed by atoms with van der Waals surface area (Å²) < 4.78 is 7.61. The van der Waals surface area contributed by atoms with Crippen LogP contribution in [-0.4, -0.2) is 21.5 Å². The maximum atomic E-state index is 5.54. The van der Waals surface area contributed by atoms with Crippen LogP contribution in [0.25, 0.3) is 11.7 Å². The molecule has 0 saturated carbocycles. The van der Waals surface area contributed by atoms with Crippen molar-refractivity contribution in [2.45, 2.75) is 26.1 Å². The van der Waals surface area contributed by atoms with E-state index in [1.54, 1.807) is 24.5 Å². The molecule has 5 nitrogen and oxygen atoms in total. The number of rotatable bonds is 4. The zero-order valence-electron chi connectivity index (χ0n) is 13.2. The molecule has 3 aromatic heterocycles. The van der Waals surface area contributed by atoms with Crippen LogP contribution in [-0.2, 0) is 17.8 Å². The number of imidazole rings is 1. The summed E-state index contributed by atoms with van der Waals surface area (Å²) >= 11 is 1.73. The van der Waals surface area contributed by atoms with Crippen molar-refractivity contribution in [3.8, 4) is 0 Å². The molecule has 4 rings (SSSR count). The van der Waals surface area contributed by atoms with Crippen molar-refractivity contribution in [2.75, 3.05) is 12.0 Å². The van der Waals surface area contributed by atoms with Gasteiger partial charge >= 0.3 is 0 Å². The molecule has 0 bridgehead atoms. The van der Waals surface area contributed by atoms with E-state index in [0.29, 0.717) is 0 Å². The standard InChI is InChI=1S/C17H18N4OS/c1-4-12-6-21-7-13(5-14(11(2)22-3)17(21)19-12)20-8-15-16(9-20)23-10-18-15/h4-7,10-11H,1,8-9H2,2-3H3/t11-/m1/s1. The first-order valence-corrected chi connectivity index (χ1v) is 8.41. The number of methoxy groups -OCH3 is 1. The van der Waals surface area contributed by atoms with Crippen LogP contribution in [0.5, 0.6) is 0 Å². The van der Waals surface area contributed by atoms with Gasteiger partial charge < -0.3 is 14.0 Å². The van der Waals surface area contributed by atoms with E-state index in [1.165, 1.54) is 10.6 Å². The van der Waals surface area contributed by atoms with Crippen LogP contribution in [0.15, 0.2) is 30.5 Å². The second-order valence-electron chi connectivity index (χ2n) is 5.71. The Morgan fingerprint density at radius 3 is 3.00 bits per heavy atom. The van der Waals surface area contributed by atoms with Crippen LogP contribution in [0.2, 0.25) is 0 Å². The number of ether oxygens (including phenoxy) is 1. The lowest BCUT2D eigenvalue weighted by atomic mass is 10.1. The van der Waals surface area contributed by atoms with Crippen LogP contribution >= 0.6 is 11.3 Å². The lowest BCUT2D eigenvalue weighted by molar-refractivity contribution is 0.120. The van der Waals surface area contributed by atoms with E-state index in [-0.39, 0.29) is 6.10 Å². The third kappa shape index (κ3) is 2.34. The van der Waals surface area contributed by atoms with E-state index in [9.17, 15) is 0 Å². The number of thiazole rings is 1. The molecule has 0 N–H and O–H groups in total. The Bertz CT molecular complexity index is 861. The lowest BCUT2D eigenvalue weighted by Crippen LogP contribution is -2.16. The van der Waals surface area contributed by atoms with Gasteiger partial charge in [-0.3, -0.25) is 0 Å². The molecule has 0 fully saturated rings. The monoisotopic (exact) mass is 326 g/mol. The van der Waals surface area contributed by atoms with E-state index in [4.69, 9.17) is 4.74 Å². The zero-order valence-corrected chi connectivity index (χ0v) is 14.0. The van der Waals surface area contributed by atoms with Crippen LogP contribution in [0.1, 0.15) is 34.9 Å². The molecule has 1 atom stereocenters. The van der Waals surface area contributed by atoms with Gasteiger partial charge in [-0.25, -0.2) is 9.97 Å². The molecule has 1 aliphatic rings. The third-order valence-electron chi connectivity index (χ3n) is 4.35. The van der Waals surface area contributed by atoms with Gasteiger partial charge in [0.15, 0.2) is 0 Å². The summed E-state index contributed by atoms with van der Waals surface area (Å²) in [5.74, 6) is 0. The first kappa shape index (κ1) is 14.4. The summed E-state index contributed by atoms with van der Waals surface area (Å²) in [6.45, 7) is 7.63. The van der Waals surface area contributed by atoms with Gasteiger partial charge in [-0.2, -0.15) is 0 Å². The highest BCUT2D eigenvalue weighted by Gasteiger charge is 2.23. The maximum absolute atomic E-state index is 5.54. The lowest BCUT2D eigenvalue weighted by Gasteiger charge is -2.20. The normalized spacial score (nSPS) is 15.1. The predicted molar refractivity (Wildman–Crippen MR) is 92.7 cm³/mol. The first-order valence-electron chi connectivity index (χ1n) is 7.53. The zero-order chi connectivity index (χ0) is 16.0. The molecule has 6 heteroatoms. The number of fused-ring (bicyclic) bond motifs is 2. The van der Waals surface area contributed by atoms with Crippen molar-refractivity contribution in [1.29, 1.82) is 0 Å². The van der Waals surface area contributed by atoms with Crippen molar-refractivity contribution in [3.05, 3.63) is 52.4 Å². The Kier molecular flexibility index (Phi) is 3.43. The molecule has 23 heavy (non-hydrogen) atoms. The van der Waals surface area contributed by atoms with E-state index in [2.05, 4.69) is 38.1 Å². The fourth-order valence-corrected chi connectivity index (χ4v) is 3.76. The van der Waals surface area contributed by atoms with Crippen LogP contribution in [0.4, 0.5) is 5.69 Å². The highest BCUT2D eigenvalue weighted by atomic mass is 32.1. The number of hydrogen-bond donors (Lipinski definition) is 0. The van der Waals surface area contributed by atoms with Crippen molar-refractivity contribution in [1.82, 2.24) is 14.4 Å². The summed E-state index contributed by atoms with van der Waals surface area (Å²) in [6, 6.07) is 2.18. The van der Waals surface area contributed by atoms with Crippen LogP contribution < -0.4 is 4.90 Å². The van der Waals surface area contributed by atoms with E-state index >= 15 is 0 Å². The smallest absolute Gasteiger partial charge is 0.143 e. The average molecular weight is 326 g/mol. The number of hydrogen-bond acceptors (Lipinski definition) is 5. The highest BCUT2D eigenvalue weighted by molar-refractivity contribution is 7.09. The first-order chi connectivity index (χ1) is 11.2. The molecular weight excluding hydrogens is 308 g/mol. The Balaban J connectivity index is 1.81. The molecule has 0 unspecified atom stereocenters. The van der Waals surface area contributed by atoms with Gasteiger partial charge in [-0.15, -0.1) is 11.3 Å². The molecule has 0 saturated heterocycles. The highest BCUT2D eigenvalue weighted by Crippen LogP contribution is 2.33. The molecule has 1 aliphatic heterocycles. The molecular formula is C17H18N4OS. The number of anilines is 1.